The minimum Gasteiger partial charge on any atom is -0.508 e. The molecule has 0 aliphatic carbocycles. The van der Waals surface area contributed by atoms with Gasteiger partial charge in [-0.3, -0.25) is 9.69 Å². The Morgan fingerprint density at radius 3 is 2.90 bits per heavy atom. The third kappa shape index (κ3) is 2.80. The Bertz CT molecular complexity index is 489. The van der Waals surface area contributed by atoms with Crippen LogP contribution >= 0.6 is 0 Å². The standard InChI is InChI=1S/C16H22N2O2/c19-15-7-2-1-5-13(15)11-16(20)18-10-9-17-8-4-3-6-14(17)12-18/h1-2,5,7,14,19H,3-4,6,8-12H2. The van der Waals surface area contributed by atoms with E-state index in [2.05, 4.69) is 4.90 Å². The molecule has 1 aromatic rings. The van der Waals surface area contributed by atoms with Crippen molar-refractivity contribution in [1.29, 1.82) is 0 Å². The molecule has 1 atom stereocenters. The molecule has 1 amide bonds. The maximum absolute atomic E-state index is 12.4. The summed E-state index contributed by atoms with van der Waals surface area (Å²) in [6, 6.07) is 7.66. The predicted molar refractivity (Wildman–Crippen MR) is 77.6 cm³/mol. The molecule has 1 aromatic carbocycles. The van der Waals surface area contributed by atoms with E-state index in [0.29, 0.717) is 12.5 Å². The second-order valence-corrected chi connectivity index (χ2v) is 5.83. The summed E-state index contributed by atoms with van der Waals surface area (Å²) >= 11 is 0. The lowest BCUT2D eigenvalue weighted by atomic mass is 9.99. The number of carbonyl (C=O) groups excluding carboxylic acids is 1. The zero-order chi connectivity index (χ0) is 13.9. The van der Waals surface area contributed by atoms with E-state index in [0.717, 1.165) is 25.2 Å². The fraction of sp³-hybridized carbons (Fsp3) is 0.562. The molecular formula is C16H22N2O2. The van der Waals surface area contributed by atoms with E-state index in [-0.39, 0.29) is 11.7 Å². The molecule has 3 rings (SSSR count). The smallest absolute Gasteiger partial charge is 0.227 e. The summed E-state index contributed by atoms with van der Waals surface area (Å²) in [5.74, 6) is 0.355. The van der Waals surface area contributed by atoms with Gasteiger partial charge in [-0.15, -0.1) is 0 Å². The topological polar surface area (TPSA) is 43.8 Å². The average Bonchev–Trinajstić information content (AvgIpc) is 2.49. The summed E-state index contributed by atoms with van der Waals surface area (Å²) in [6.45, 7) is 3.86. The largest absolute Gasteiger partial charge is 0.508 e. The van der Waals surface area contributed by atoms with Crippen molar-refractivity contribution < 1.29 is 9.90 Å². The number of para-hydroxylation sites is 1. The van der Waals surface area contributed by atoms with E-state index in [9.17, 15) is 9.90 Å². The van der Waals surface area contributed by atoms with Gasteiger partial charge in [-0.05, 0) is 25.5 Å². The van der Waals surface area contributed by atoms with Gasteiger partial charge in [0.25, 0.3) is 0 Å². The third-order valence-corrected chi connectivity index (χ3v) is 4.52. The highest BCUT2D eigenvalue weighted by Crippen LogP contribution is 2.22. The van der Waals surface area contributed by atoms with Crippen LogP contribution in [-0.2, 0) is 11.2 Å². The second-order valence-electron chi connectivity index (χ2n) is 5.83. The zero-order valence-electron chi connectivity index (χ0n) is 11.8. The maximum atomic E-state index is 12.4. The van der Waals surface area contributed by atoms with Crippen LogP contribution in [0, 0.1) is 0 Å². The Hall–Kier alpha value is -1.55. The van der Waals surface area contributed by atoms with Crippen LogP contribution in [0.3, 0.4) is 0 Å². The van der Waals surface area contributed by atoms with Crippen LogP contribution in [0.25, 0.3) is 0 Å². The number of amides is 1. The number of phenolic OH excluding ortho intramolecular Hbond substituents is 1. The normalized spacial score (nSPS) is 23.4. The van der Waals surface area contributed by atoms with Crippen molar-refractivity contribution in [2.45, 2.75) is 31.7 Å². The quantitative estimate of drug-likeness (QED) is 0.891. The van der Waals surface area contributed by atoms with Crippen LogP contribution in [0.15, 0.2) is 24.3 Å². The van der Waals surface area contributed by atoms with Gasteiger partial charge in [-0.2, -0.15) is 0 Å². The van der Waals surface area contributed by atoms with Gasteiger partial charge in [0.1, 0.15) is 5.75 Å². The monoisotopic (exact) mass is 274 g/mol. The van der Waals surface area contributed by atoms with E-state index in [1.165, 1.54) is 25.8 Å². The predicted octanol–water partition coefficient (Wildman–Crippen LogP) is 1.63. The van der Waals surface area contributed by atoms with E-state index in [4.69, 9.17) is 0 Å². The highest BCUT2D eigenvalue weighted by Gasteiger charge is 2.30. The van der Waals surface area contributed by atoms with Crippen molar-refractivity contribution in [3.05, 3.63) is 29.8 Å². The Morgan fingerprint density at radius 2 is 2.05 bits per heavy atom. The number of carbonyl (C=O) groups is 1. The molecule has 0 radical (unpaired) electrons. The fourth-order valence-corrected chi connectivity index (χ4v) is 3.32. The van der Waals surface area contributed by atoms with Crippen LogP contribution < -0.4 is 0 Å². The number of nitrogens with zero attached hydrogens (tertiary/aromatic N) is 2. The number of hydrogen-bond acceptors (Lipinski definition) is 3. The Morgan fingerprint density at radius 1 is 1.20 bits per heavy atom. The first-order chi connectivity index (χ1) is 9.74. The van der Waals surface area contributed by atoms with E-state index < -0.39 is 0 Å². The Labute approximate surface area is 120 Å². The van der Waals surface area contributed by atoms with Crippen LogP contribution in [0.5, 0.6) is 5.75 Å². The summed E-state index contributed by atoms with van der Waals surface area (Å²) in [5, 5.41) is 9.77. The minimum atomic E-state index is 0.136. The Kier molecular flexibility index (Phi) is 3.92. The van der Waals surface area contributed by atoms with Gasteiger partial charge in [-0.25, -0.2) is 0 Å². The number of aromatic hydroxyl groups is 1. The van der Waals surface area contributed by atoms with Crippen LogP contribution in [0.4, 0.5) is 0 Å². The molecule has 1 N–H and O–H groups in total. The van der Waals surface area contributed by atoms with E-state index in [1.807, 2.05) is 17.0 Å². The van der Waals surface area contributed by atoms with Crippen molar-refractivity contribution in [3.63, 3.8) is 0 Å². The molecule has 0 spiro atoms. The van der Waals surface area contributed by atoms with E-state index >= 15 is 0 Å². The molecule has 20 heavy (non-hydrogen) atoms. The highest BCUT2D eigenvalue weighted by atomic mass is 16.3. The number of benzene rings is 1. The molecule has 0 bridgehead atoms. The minimum absolute atomic E-state index is 0.136. The van der Waals surface area contributed by atoms with Gasteiger partial charge in [0.05, 0.1) is 6.42 Å². The average molecular weight is 274 g/mol. The van der Waals surface area contributed by atoms with Crippen LogP contribution in [0.2, 0.25) is 0 Å². The molecule has 4 nitrogen and oxygen atoms in total. The van der Waals surface area contributed by atoms with E-state index in [1.54, 1.807) is 12.1 Å². The number of piperidine rings is 1. The molecule has 2 heterocycles. The molecule has 2 saturated heterocycles. The van der Waals surface area contributed by atoms with Crippen molar-refractivity contribution >= 4 is 5.91 Å². The fourth-order valence-electron chi connectivity index (χ4n) is 3.32. The molecule has 2 aliphatic rings. The summed E-state index contributed by atoms with van der Waals surface area (Å²) in [7, 11) is 0. The van der Waals surface area contributed by atoms with Gasteiger partial charge in [0.15, 0.2) is 0 Å². The maximum Gasteiger partial charge on any atom is 0.227 e. The molecule has 0 aromatic heterocycles. The molecule has 2 aliphatic heterocycles. The molecule has 0 saturated carbocycles. The van der Waals surface area contributed by atoms with Crippen LogP contribution in [-0.4, -0.2) is 53.0 Å². The lowest BCUT2D eigenvalue weighted by Crippen LogP contribution is -2.56. The number of hydrogen-bond donors (Lipinski definition) is 1. The first-order valence-corrected chi connectivity index (χ1v) is 7.53. The first-order valence-electron chi connectivity index (χ1n) is 7.53. The summed E-state index contributed by atoms with van der Waals surface area (Å²) < 4.78 is 0. The lowest BCUT2D eigenvalue weighted by Gasteiger charge is -2.44. The number of piperazine rings is 1. The van der Waals surface area contributed by atoms with Gasteiger partial charge in [0.2, 0.25) is 5.91 Å². The SMILES string of the molecule is O=C(Cc1ccccc1O)N1CCN2CCCCC2C1. The van der Waals surface area contributed by atoms with Crippen molar-refractivity contribution in [1.82, 2.24) is 9.80 Å². The van der Waals surface area contributed by atoms with Crippen molar-refractivity contribution in [3.8, 4) is 5.75 Å². The van der Waals surface area contributed by atoms with Gasteiger partial charge in [0, 0.05) is 31.2 Å². The molecule has 2 fully saturated rings. The zero-order valence-corrected chi connectivity index (χ0v) is 11.8. The number of fused-ring (bicyclic) bond motifs is 1. The van der Waals surface area contributed by atoms with Crippen LogP contribution in [0.1, 0.15) is 24.8 Å². The lowest BCUT2D eigenvalue weighted by molar-refractivity contribution is -0.134. The molecule has 108 valence electrons. The molecule has 4 heteroatoms. The van der Waals surface area contributed by atoms with Gasteiger partial charge >= 0.3 is 0 Å². The third-order valence-electron chi connectivity index (χ3n) is 4.52. The second kappa shape index (κ2) is 5.83. The van der Waals surface area contributed by atoms with Crippen molar-refractivity contribution in [2.75, 3.05) is 26.2 Å². The molecular weight excluding hydrogens is 252 g/mol. The van der Waals surface area contributed by atoms with Gasteiger partial charge < -0.3 is 10.0 Å². The summed E-state index contributed by atoms with van der Waals surface area (Å²) in [5.41, 5.74) is 0.726. The summed E-state index contributed by atoms with van der Waals surface area (Å²) in [6.07, 6.45) is 4.09. The first kappa shape index (κ1) is 13.4. The number of phenols is 1. The Balaban J connectivity index is 1.62. The van der Waals surface area contributed by atoms with Crippen molar-refractivity contribution in [2.24, 2.45) is 0 Å². The van der Waals surface area contributed by atoms with Gasteiger partial charge in [-0.1, -0.05) is 24.6 Å². The molecule has 1 unspecified atom stereocenters. The summed E-state index contributed by atoms with van der Waals surface area (Å²) in [4.78, 5) is 16.9. The highest BCUT2D eigenvalue weighted by molar-refractivity contribution is 5.79. The number of rotatable bonds is 2.